The Morgan fingerprint density at radius 3 is 2.77 bits per heavy atom. The average Bonchev–Trinajstić information content (AvgIpc) is 2.51. The van der Waals surface area contributed by atoms with Crippen LogP contribution in [0.25, 0.3) is 0 Å². The lowest BCUT2D eigenvalue weighted by Crippen LogP contribution is -2.33. The Morgan fingerprint density at radius 1 is 1.77 bits per heavy atom. The lowest BCUT2D eigenvalue weighted by molar-refractivity contribution is -0.183. The van der Waals surface area contributed by atoms with Crippen molar-refractivity contribution >= 4 is 5.97 Å². The molecule has 0 bridgehead atoms. The van der Waals surface area contributed by atoms with Crippen LogP contribution in [0.3, 0.4) is 0 Å². The molecule has 72 valence electrons. The minimum Gasteiger partial charge on any atom is -0.480 e. The van der Waals surface area contributed by atoms with Gasteiger partial charge in [0.15, 0.2) is 0 Å². The maximum atomic E-state index is 12.7. The smallest absolute Gasteiger partial charge is 0.441 e. The summed E-state index contributed by atoms with van der Waals surface area (Å²) >= 11 is 0. The van der Waals surface area contributed by atoms with Gasteiger partial charge < -0.3 is 9.84 Å². The van der Waals surface area contributed by atoms with Crippen molar-refractivity contribution in [3.8, 4) is 5.88 Å². The predicted molar refractivity (Wildman–Crippen MR) is 36.6 cm³/mol. The van der Waals surface area contributed by atoms with Crippen LogP contribution >= 0.6 is 0 Å². The number of alkyl halides is 2. The van der Waals surface area contributed by atoms with E-state index in [-0.39, 0.29) is 10.6 Å². The first-order valence-electron chi connectivity index (χ1n) is 3.20. The quantitative estimate of drug-likeness (QED) is 0.758. The molecule has 5 nitrogen and oxygen atoms in total. The number of hydrogen-bond donors (Lipinski definition) is 1. The fraction of sp³-hybridized carbons (Fsp3) is 0.333. The van der Waals surface area contributed by atoms with Gasteiger partial charge in [0, 0.05) is 12.3 Å². The minimum atomic E-state index is -4.04. The summed E-state index contributed by atoms with van der Waals surface area (Å²) in [6.07, 6.45) is 0.826. The fourth-order valence-corrected chi connectivity index (χ4v) is 0.670. The Morgan fingerprint density at radius 2 is 2.38 bits per heavy atom. The first kappa shape index (κ1) is 9.43. The van der Waals surface area contributed by atoms with Gasteiger partial charge in [0.1, 0.15) is 0 Å². The number of aromatic nitrogens is 2. The zero-order valence-electron chi connectivity index (χ0n) is 6.57. The lowest BCUT2D eigenvalue weighted by Gasteiger charge is -2.09. The maximum absolute atomic E-state index is 12.7. The molecule has 0 fully saturated rings. The number of nitrogens with zero attached hydrogens (tertiary/aromatic N) is 2. The van der Waals surface area contributed by atoms with Crippen molar-refractivity contribution in [3.63, 3.8) is 0 Å². The topological polar surface area (TPSA) is 64.3 Å². The van der Waals surface area contributed by atoms with Gasteiger partial charge in [-0.25, -0.2) is 4.79 Å². The van der Waals surface area contributed by atoms with E-state index in [1.165, 1.54) is 7.11 Å². The van der Waals surface area contributed by atoms with Gasteiger partial charge in [0.2, 0.25) is 5.88 Å². The molecule has 7 heteroatoms. The van der Waals surface area contributed by atoms with E-state index >= 15 is 0 Å². The van der Waals surface area contributed by atoms with Crippen LogP contribution in [0.5, 0.6) is 5.88 Å². The zero-order chi connectivity index (χ0) is 10.1. The van der Waals surface area contributed by atoms with Crippen molar-refractivity contribution in [2.75, 3.05) is 7.11 Å². The second-order valence-corrected chi connectivity index (χ2v) is 2.15. The highest BCUT2D eigenvalue weighted by molar-refractivity contribution is 5.72. The van der Waals surface area contributed by atoms with Gasteiger partial charge in [-0.3, -0.25) is 0 Å². The standard InChI is InChI=1S/C6H6F2N2O3/c1-13-4-2-3-10(9-4)6(7,8)5(11)12/h2-3H,1H3,(H,11,12). The van der Waals surface area contributed by atoms with Crippen molar-refractivity contribution in [2.45, 2.75) is 6.05 Å². The highest BCUT2D eigenvalue weighted by Gasteiger charge is 2.42. The molecule has 0 unspecified atom stereocenters. The summed E-state index contributed by atoms with van der Waals surface area (Å²) in [6.45, 7) is 0. The number of carboxylic acid groups (broad SMARTS) is 1. The van der Waals surface area contributed by atoms with E-state index in [9.17, 15) is 13.6 Å². The van der Waals surface area contributed by atoms with E-state index in [4.69, 9.17) is 5.11 Å². The fourth-order valence-electron chi connectivity index (χ4n) is 0.670. The van der Waals surface area contributed by atoms with E-state index < -0.39 is 12.0 Å². The van der Waals surface area contributed by atoms with Crippen LogP contribution in [0.1, 0.15) is 0 Å². The SMILES string of the molecule is COc1ccn(C(F)(F)C(=O)O)n1. The number of halogens is 2. The van der Waals surface area contributed by atoms with Crippen LogP contribution in [-0.4, -0.2) is 28.0 Å². The van der Waals surface area contributed by atoms with Gasteiger partial charge in [0.25, 0.3) is 0 Å². The van der Waals surface area contributed by atoms with Crippen molar-refractivity contribution in [1.82, 2.24) is 9.78 Å². The summed E-state index contributed by atoms with van der Waals surface area (Å²) < 4.78 is 29.9. The molecule has 1 aromatic heterocycles. The number of hydrogen-bond acceptors (Lipinski definition) is 3. The first-order valence-corrected chi connectivity index (χ1v) is 3.20. The first-order chi connectivity index (χ1) is 5.98. The second-order valence-electron chi connectivity index (χ2n) is 2.15. The van der Waals surface area contributed by atoms with Gasteiger partial charge in [-0.05, 0) is 0 Å². The molecule has 0 saturated carbocycles. The minimum absolute atomic E-state index is 0.0220. The molecule has 0 aliphatic carbocycles. The maximum Gasteiger partial charge on any atom is 0.441 e. The molecular formula is C6H6F2N2O3. The zero-order valence-corrected chi connectivity index (χ0v) is 6.57. The van der Waals surface area contributed by atoms with E-state index in [1.807, 2.05) is 0 Å². The van der Waals surface area contributed by atoms with E-state index in [0.717, 1.165) is 12.3 Å². The van der Waals surface area contributed by atoms with Crippen molar-refractivity contribution in [3.05, 3.63) is 12.3 Å². The van der Waals surface area contributed by atoms with Crippen molar-refractivity contribution < 1.29 is 23.4 Å². The molecule has 0 saturated heterocycles. The average molecular weight is 192 g/mol. The van der Waals surface area contributed by atoms with Gasteiger partial charge in [-0.1, -0.05) is 0 Å². The van der Waals surface area contributed by atoms with Crippen molar-refractivity contribution in [1.29, 1.82) is 0 Å². The summed E-state index contributed by atoms with van der Waals surface area (Å²) in [7, 11) is 1.24. The second kappa shape index (κ2) is 3.00. The molecule has 0 aromatic carbocycles. The summed E-state index contributed by atoms with van der Waals surface area (Å²) in [5, 5.41) is 11.3. The van der Waals surface area contributed by atoms with Crippen LogP contribution in [0, 0.1) is 0 Å². The Balaban J connectivity index is 3.00. The molecule has 1 aromatic rings. The highest BCUT2D eigenvalue weighted by Crippen LogP contribution is 2.21. The highest BCUT2D eigenvalue weighted by atomic mass is 19.3. The number of carbonyl (C=O) groups is 1. The predicted octanol–water partition coefficient (Wildman–Crippen LogP) is 0.526. The largest absolute Gasteiger partial charge is 0.480 e. The summed E-state index contributed by atoms with van der Waals surface area (Å²) in [6, 6.07) is -2.91. The molecule has 0 radical (unpaired) electrons. The Hall–Kier alpha value is -1.66. The third kappa shape index (κ3) is 1.58. The molecule has 1 heterocycles. The summed E-state index contributed by atoms with van der Waals surface area (Å²) in [4.78, 5) is 10.1. The normalized spacial score (nSPS) is 11.3. The van der Waals surface area contributed by atoms with Crippen molar-refractivity contribution in [2.24, 2.45) is 0 Å². The Kier molecular flexibility index (Phi) is 2.18. The van der Waals surface area contributed by atoms with Gasteiger partial charge >= 0.3 is 12.0 Å². The Labute approximate surface area is 71.5 Å². The lowest BCUT2D eigenvalue weighted by atomic mass is 10.5. The van der Waals surface area contributed by atoms with Crippen LogP contribution in [0.2, 0.25) is 0 Å². The van der Waals surface area contributed by atoms with Crippen LogP contribution in [-0.2, 0) is 10.8 Å². The van der Waals surface area contributed by atoms with E-state index in [1.54, 1.807) is 0 Å². The molecule has 13 heavy (non-hydrogen) atoms. The van der Waals surface area contributed by atoms with Crippen LogP contribution < -0.4 is 4.74 Å². The summed E-state index contributed by atoms with van der Waals surface area (Å²) in [5.74, 6) is -2.33. The monoisotopic (exact) mass is 192 g/mol. The third-order valence-corrected chi connectivity index (χ3v) is 1.32. The molecule has 1 N–H and O–H groups in total. The number of aliphatic carboxylic acids is 1. The molecule has 0 atom stereocenters. The van der Waals surface area contributed by atoms with Gasteiger partial charge in [-0.15, -0.1) is 5.10 Å². The number of ether oxygens (including phenoxy) is 1. The van der Waals surface area contributed by atoms with Crippen LogP contribution in [0.4, 0.5) is 8.78 Å². The molecule has 0 amide bonds. The Bertz CT molecular complexity index is 323. The molecular weight excluding hydrogens is 186 g/mol. The number of methoxy groups -OCH3 is 1. The van der Waals surface area contributed by atoms with Gasteiger partial charge in [0.05, 0.1) is 7.11 Å². The third-order valence-electron chi connectivity index (χ3n) is 1.32. The molecule has 1 rings (SSSR count). The summed E-state index contributed by atoms with van der Waals surface area (Å²) in [5.41, 5.74) is 0. The van der Waals surface area contributed by atoms with Crippen LogP contribution in [0.15, 0.2) is 12.3 Å². The van der Waals surface area contributed by atoms with Gasteiger partial charge in [-0.2, -0.15) is 13.5 Å². The molecule has 0 aliphatic rings. The molecule has 0 spiro atoms. The molecule has 0 aliphatic heterocycles. The number of rotatable bonds is 3. The number of carboxylic acids is 1. The van der Waals surface area contributed by atoms with E-state index in [2.05, 4.69) is 9.84 Å². The van der Waals surface area contributed by atoms with E-state index in [0.29, 0.717) is 0 Å².